The van der Waals surface area contributed by atoms with Gasteiger partial charge < -0.3 is 10.4 Å². The van der Waals surface area contributed by atoms with Crippen LogP contribution in [0.5, 0.6) is 0 Å². The molecule has 1 heterocycles. The number of carbonyl (C=O) groups is 1. The lowest BCUT2D eigenvalue weighted by atomic mass is 10.1. The first kappa shape index (κ1) is 11.0. The molecule has 5 heteroatoms. The summed E-state index contributed by atoms with van der Waals surface area (Å²) >= 11 is 0. The zero-order valence-electron chi connectivity index (χ0n) is 8.48. The molecule has 0 unspecified atom stereocenters. The number of anilines is 1. The van der Waals surface area contributed by atoms with E-state index in [9.17, 15) is 4.79 Å². The second-order valence-corrected chi connectivity index (χ2v) is 3.60. The fraction of sp³-hybridized carbons (Fsp3) is 0.300. The van der Waals surface area contributed by atoms with E-state index in [-0.39, 0.29) is 0 Å². The molecule has 78 valence electrons. The number of aliphatic carboxylic acids is 1. The molecule has 1 aromatic heterocycles. The molecule has 0 radical (unpaired) electrons. The van der Waals surface area contributed by atoms with E-state index in [1.807, 2.05) is 6.07 Å². The predicted octanol–water partition coefficient (Wildman–Crippen LogP) is 1.23. The Bertz CT molecular complexity index is 421. The summed E-state index contributed by atoms with van der Waals surface area (Å²) < 4.78 is 0. The van der Waals surface area contributed by atoms with Crippen molar-refractivity contribution in [1.82, 2.24) is 4.98 Å². The van der Waals surface area contributed by atoms with E-state index in [1.54, 1.807) is 6.07 Å². The first-order valence-electron chi connectivity index (χ1n) is 4.33. The Morgan fingerprint density at radius 2 is 2.33 bits per heavy atom. The molecule has 1 rings (SSSR count). The van der Waals surface area contributed by atoms with E-state index in [0.717, 1.165) is 0 Å². The third-order valence-electron chi connectivity index (χ3n) is 1.86. The molecule has 0 spiro atoms. The van der Waals surface area contributed by atoms with Crippen LogP contribution < -0.4 is 5.32 Å². The van der Waals surface area contributed by atoms with Gasteiger partial charge in [-0.25, -0.2) is 9.78 Å². The second kappa shape index (κ2) is 3.96. The van der Waals surface area contributed by atoms with E-state index in [4.69, 9.17) is 10.4 Å². The van der Waals surface area contributed by atoms with Gasteiger partial charge in [-0.05, 0) is 26.0 Å². The van der Waals surface area contributed by atoms with Gasteiger partial charge in [0.2, 0.25) is 0 Å². The summed E-state index contributed by atoms with van der Waals surface area (Å²) in [6.07, 6.45) is 1.46. The smallest absolute Gasteiger partial charge is 0.328 e. The van der Waals surface area contributed by atoms with Crippen molar-refractivity contribution in [3.05, 3.63) is 23.9 Å². The summed E-state index contributed by atoms with van der Waals surface area (Å²) in [5, 5.41) is 20.3. The summed E-state index contributed by atoms with van der Waals surface area (Å²) in [6, 6.07) is 5.01. The van der Waals surface area contributed by atoms with E-state index in [0.29, 0.717) is 11.4 Å². The van der Waals surface area contributed by atoms with E-state index in [2.05, 4.69) is 10.3 Å². The standard InChI is InChI=1S/C10H11N3O2/c1-10(2,9(14)15)13-8-5-7(6-11)3-4-12-8/h3-5H,1-2H3,(H,12,13)(H,14,15). The molecule has 0 saturated heterocycles. The van der Waals surface area contributed by atoms with Crippen LogP contribution in [-0.2, 0) is 4.79 Å². The first-order chi connectivity index (χ1) is 6.95. The fourth-order valence-corrected chi connectivity index (χ4v) is 0.942. The molecular formula is C10H11N3O2. The maximum atomic E-state index is 10.8. The zero-order chi connectivity index (χ0) is 11.5. The Balaban J connectivity index is 2.91. The van der Waals surface area contributed by atoms with Gasteiger partial charge >= 0.3 is 5.97 Å². The topological polar surface area (TPSA) is 86.0 Å². The van der Waals surface area contributed by atoms with Crippen LogP contribution in [0.1, 0.15) is 19.4 Å². The van der Waals surface area contributed by atoms with Crippen LogP contribution in [0.4, 0.5) is 5.82 Å². The Morgan fingerprint density at radius 3 is 2.87 bits per heavy atom. The molecule has 5 nitrogen and oxygen atoms in total. The average molecular weight is 205 g/mol. The minimum absolute atomic E-state index is 0.376. The largest absolute Gasteiger partial charge is 0.480 e. The maximum Gasteiger partial charge on any atom is 0.328 e. The molecule has 1 aromatic rings. The Labute approximate surface area is 87.4 Å². The van der Waals surface area contributed by atoms with Gasteiger partial charge in [-0.2, -0.15) is 5.26 Å². The highest BCUT2D eigenvalue weighted by Crippen LogP contribution is 2.13. The van der Waals surface area contributed by atoms with Gasteiger partial charge in [-0.1, -0.05) is 0 Å². The molecule has 0 bridgehead atoms. The minimum atomic E-state index is -1.11. The Kier molecular flexibility index (Phi) is 2.90. The lowest BCUT2D eigenvalue weighted by molar-refractivity contribution is -0.141. The second-order valence-electron chi connectivity index (χ2n) is 3.60. The molecule has 0 aliphatic heterocycles. The molecule has 0 atom stereocenters. The fourth-order valence-electron chi connectivity index (χ4n) is 0.942. The highest BCUT2D eigenvalue weighted by atomic mass is 16.4. The SMILES string of the molecule is CC(C)(Nc1cc(C#N)ccn1)C(=O)O. The number of hydrogen-bond acceptors (Lipinski definition) is 4. The molecule has 0 aliphatic rings. The van der Waals surface area contributed by atoms with Gasteiger partial charge in [0.05, 0.1) is 11.6 Å². The lowest BCUT2D eigenvalue weighted by Gasteiger charge is -2.21. The number of pyridine rings is 1. The van der Waals surface area contributed by atoms with Crippen molar-refractivity contribution < 1.29 is 9.90 Å². The van der Waals surface area contributed by atoms with Crippen LogP contribution in [0.2, 0.25) is 0 Å². The number of nitrogens with one attached hydrogen (secondary N) is 1. The zero-order valence-corrected chi connectivity index (χ0v) is 8.48. The van der Waals surface area contributed by atoms with Crippen molar-refractivity contribution in [1.29, 1.82) is 5.26 Å². The highest BCUT2D eigenvalue weighted by Gasteiger charge is 2.26. The van der Waals surface area contributed by atoms with E-state index < -0.39 is 11.5 Å². The number of nitriles is 1. The van der Waals surface area contributed by atoms with Crippen molar-refractivity contribution in [3.8, 4) is 6.07 Å². The summed E-state index contributed by atoms with van der Waals surface area (Å²) in [5.74, 6) is -0.604. The third kappa shape index (κ3) is 2.68. The van der Waals surface area contributed by atoms with Gasteiger partial charge in [-0.3, -0.25) is 0 Å². The number of aromatic nitrogens is 1. The molecule has 2 N–H and O–H groups in total. The van der Waals surface area contributed by atoms with Gasteiger partial charge in [-0.15, -0.1) is 0 Å². The highest BCUT2D eigenvalue weighted by molar-refractivity contribution is 5.81. The number of rotatable bonds is 3. The maximum absolute atomic E-state index is 10.8. The van der Waals surface area contributed by atoms with Crippen LogP contribution >= 0.6 is 0 Å². The molecule has 15 heavy (non-hydrogen) atoms. The summed E-state index contributed by atoms with van der Waals surface area (Å²) in [7, 11) is 0. The molecule has 0 fully saturated rings. The Hall–Kier alpha value is -2.09. The van der Waals surface area contributed by atoms with Crippen molar-refractivity contribution in [2.45, 2.75) is 19.4 Å². The van der Waals surface area contributed by atoms with Crippen LogP contribution in [0.15, 0.2) is 18.3 Å². The molecule has 0 saturated carbocycles. The monoisotopic (exact) mass is 205 g/mol. The van der Waals surface area contributed by atoms with E-state index in [1.165, 1.54) is 26.1 Å². The van der Waals surface area contributed by atoms with Crippen LogP contribution in [-0.4, -0.2) is 21.6 Å². The molecular weight excluding hydrogens is 194 g/mol. The third-order valence-corrected chi connectivity index (χ3v) is 1.86. The van der Waals surface area contributed by atoms with Crippen LogP contribution in [0, 0.1) is 11.3 Å². The van der Waals surface area contributed by atoms with Crippen molar-refractivity contribution in [2.75, 3.05) is 5.32 Å². The van der Waals surface area contributed by atoms with Gasteiger partial charge in [0.25, 0.3) is 0 Å². The molecule has 0 aromatic carbocycles. The first-order valence-corrected chi connectivity index (χ1v) is 4.33. The number of carboxylic acids is 1. The summed E-state index contributed by atoms with van der Waals surface area (Å²) in [6.45, 7) is 3.05. The number of carboxylic acid groups (broad SMARTS) is 1. The van der Waals surface area contributed by atoms with E-state index >= 15 is 0 Å². The normalized spacial score (nSPS) is 10.5. The minimum Gasteiger partial charge on any atom is -0.480 e. The van der Waals surface area contributed by atoms with Gasteiger partial charge in [0.15, 0.2) is 0 Å². The van der Waals surface area contributed by atoms with Crippen LogP contribution in [0.25, 0.3) is 0 Å². The number of hydrogen-bond donors (Lipinski definition) is 2. The summed E-state index contributed by atoms with van der Waals surface area (Å²) in [5.41, 5.74) is -0.671. The predicted molar refractivity (Wildman–Crippen MR) is 54.3 cm³/mol. The summed E-state index contributed by atoms with van der Waals surface area (Å²) in [4.78, 5) is 14.8. The van der Waals surface area contributed by atoms with Gasteiger partial charge in [0, 0.05) is 6.20 Å². The number of nitrogens with zero attached hydrogens (tertiary/aromatic N) is 2. The quantitative estimate of drug-likeness (QED) is 0.775. The molecule has 0 amide bonds. The van der Waals surface area contributed by atoms with Gasteiger partial charge in [0.1, 0.15) is 11.4 Å². The Morgan fingerprint density at radius 1 is 1.67 bits per heavy atom. The van der Waals surface area contributed by atoms with Crippen molar-refractivity contribution >= 4 is 11.8 Å². The lowest BCUT2D eigenvalue weighted by Crippen LogP contribution is -2.40. The molecule has 0 aliphatic carbocycles. The van der Waals surface area contributed by atoms with Crippen molar-refractivity contribution in [3.63, 3.8) is 0 Å². The van der Waals surface area contributed by atoms with Crippen molar-refractivity contribution in [2.24, 2.45) is 0 Å². The van der Waals surface area contributed by atoms with Crippen LogP contribution in [0.3, 0.4) is 0 Å². The average Bonchev–Trinajstić information content (AvgIpc) is 2.17.